The number of carbonyl (C=O) groups is 1. The zero-order chi connectivity index (χ0) is 20.1. The molecule has 1 heterocycles. The van der Waals surface area contributed by atoms with Gasteiger partial charge in [0.1, 0.15) is 11.8 Å². The molecule has 1 unspecified atom stereocenters. The molecule has 0 bridgehead atoms. The molecule has 0 spiro atoms. The zero-order valence-corrected chi connectivity index (χ0v) is 17.2. The first kappa shape index (κ1) is 20.6. The Morgan fingerprint density at radius 2 is 1.89 bits per heavy atom. The van der Waals surface area contributed by atoms with Crippen LogP contribution in [0.2, 0.25) is 5.02 Å². The first-order valence-corrected chi connectivity index (χ1v) is 10.9. The van der Waals surface area contributed by atoms with Gasteiger partial charge in [0.05, 0.1) is 12.0 Å². The van der Waals surface area contributed by atoms with Crippen LogP contribution < -0.4 is 10.1 Å². The number of carbonyl (C=O) groups excluding carboxylic acids is 1. The summed E-state index contributed by atoms with van der Waals surface area (Å²) in [6.45, 7) is 0.589. The second-order valence-corrected chi connectivity index (χ2v) is 8.94. The fraction of sp³-hybridized carbons (Fsp3) is 0.350. The van der Waals surface area contributed by atoms with Gasteiger partial charge in [-0.05, 0) is 43.2 Å². The Balaban J connectivity index is 1.77. The molecule has 3 rings (SSSR count). The van der Waals surface area contributed by atoms with Crippen molar-refractivity contribution in [3.8, 4) is 5.75 Å². The molecule has 0 radical (unpaired) electrons. The Kier molecular flexibility index (Phi) is 6.59. The van der Waals surface area contributed by atoms with Crippen molar-refractivity contribution in [2.75, 3.05) is 13.7 Å². The number of hydrogen-bond acceptors (Lipinski definition) is 4. The minimum atomic E-state index is -3.78. The number of para-hydroxylation sites is 1. The standard InChI is InChI=1S/C20H23ClN2O4S/c1-27-19-8-3-2-6-15(19)14-22-20(24)18-7-4-5-13-23(18)28(25,26)17-11-9-16(21)10-12-17/h2-3,6,8-12,18H,4-5,7,13-14H2,1H3,(H,22,24). The van der Waals surface area contributed by atoms with Crippen LogP contribution >= 0.6 is 11.6 Å². The molecule has 1 N–H and O–H groups in total. The SMILES string of the molecule is COc1ccccc1CNC(=O)C1CCCCN1S(=O)(=O)c1ccc(Cl)cc1. The number of hydrogen-bond donors (Lipinski definition) is 1. The van der Waals surface area contributed by atoms with Gasteiger partial charge in [0.25, 0.3) is 0 Å². The zero-order valence-electron chi connectivity index (χ0n) is 15.6. The second-order valence-electron chi connectivity index (χ2n) is 6.61. The highest BCUT2D eigenvalue weighted by Crippen LogP contribution is 2.26. The van der Waals surface area contributed by atoms with Crippen LogP contribution in [0.3, 0.4) is 0 Å². The van der Waals surface area contributed by atoms with E-state index in [4.69, 9.17) is 16.3 Å². The van der Waals surface area contributed by atoms with Gasteiger partial charge >= 0.3 is 0 Å². The minimum Gasteiger partial charge on any atom is -0.496 e. The topological polar surface area (TPSA) is 75.7 Å². The summed E-state index contributed by atoms with van der Waals surface area (Å²) >= 11 is 5.87. The number of amides is 1. The van der Waals surface area contributed by atoms with Crippen molar-refractivity contribution in [2.24, 2.45) is 0 Å². The quantitative estimate of drug-likeness (QED) is 0.775. The molecule has 8 heteroatoms. The third kappa shape index (κ3) is 4.48. The lowest BCUT2D eigenvalue weighted by atomic mass is 10.0. The van der Waals surface area contributed by atoms with Gasteiger partial charge in [-0.2, -0.15) is 4.31 Å². The Hall–Kier alpha value is -2.09. The Morgan fingerprint density at radius 1 is 1.18 bits per heavy atom. The van der Waals surface area contributed by atoms with Gasteiger partial charge in [-0.25, -0.2) is 8.42 Å². The van der Waals surface area contributed by atoms with E-state index in [2.05, 4.69) is 5.32 Å². The van der Waals surface area contributed by atoms with Gasteiger partial charge in [-0.3, -0.25) is 4.79 Å². The summed E-state index contributed by atoms with van der Waals surface area (Å²) in [5, 5.41) is 3.32. The number of rotatable bonds is 6. The van der Waals surface area contributed by atoms with Crippen LogP contribution in [0, 0.1) is 0 Å². The highest BCUT2D eigenvalue weighted by molar-refractivity contribution is 7.89. The van der Waals surface area contributed by atoms with E-state index >= 15 is 0 Å². The molecule has 0 aliphatic carbocycles. The normalized spacial score (nSPS) is 17.9. The molecule has 1 aliphatic heterocycles. The number of halogens is 1. The van der Waals surface area contributed by atoms with Gasteiger partial charge in [0.2, 0.25) is 15.9 Å². The van der Waals surface area contributed by atoms with Crippen molar-refractivity contribution in [3.05, 3.63) is 59.1 Å². The van der Waals surface area contributed by atoms with E-state index < -0.39 is 16.1 Å². The summed E-state index contributed by atoms with van der Waals surface area (Å²) in [6.07, 6.45) is 2.02. The lowest BCUT2D eigenvalue weighted by Gasteiger charge is -2.33. The largest absolute Gasteiger partial charge is 0.496 e. The van der Waals surface area contributed by atoms with Crippen molar-refractivity contribution in [3.63, 3.8) is 0 Å². The van der Waals surface area contributed by atoms with E-state index in [0.717, 1.165) is 18.4 Å². The summed E-state index contributed by atoms with van der Waals surface area (Å²) in [7, 11) is -2.21. The van der Waals surface area contributed by atoms with Crippen LogP contribution in [-0.2, 0) is 21.4 Å². The molecule has 1 saturated heterocycles. The van der Waals surface area contributed by atoms with Crippen molar-refractivity contribution in [1.29, 1.82) is 0 Å². The summed E-state index contributed by atoms with van der Waals surface area (Å²) in [5.41, 5.74) is 0.835. The Bertz CT molecular complexity index is 931. The number of benzene rings is 2. The molecule has 0 saturated carbocycles. The lowest BCUT2D eigenvalue weighted by Crippen LogP contribution is -2.51. The van der Waals surface area contributed by atoms with Gasteiger partial charge in [0.15, 0.2) is 0 Å². The minimum absolute atomic E-state index is 0.140. The Morgan fingerprint density at radius 3 is 2.61 bits per heavy atom. The molecule has 1 amide bonds. The molecule has 28 heavy (non-hydrogen) atoms. The number of ether oxygens (including phenoxy) is 1. The summed E-state index contributed by atoms with van der Waals surface area (Å²) in [4.78, 5) is 13.0. The molecule has 1 fully saturated rings. The van der Waals surface area contributed by atoms with E-state index in [0.29, 0.717) is 23.7 Å². The third-order valence-electron chi connectivity index (χ3n) is 4.82. The van der Waals surface area contributed by atoms with Gasteiger partial charge in [-0.1, -0.05) is 36.2 Å². The molecule has 150 valence electrons. The molecule has 1 aliphatic rings. The lowest BCUT2D eigenvalue weighted by molar-refractivity contribution is -0.125. The molecular formula is C20H23ClN2O4S. The molecular weight excluding hydrogens is 400 g/mol. The van der Waals surface area contributed by atoms with Crippen molar-refractivity contribution in [1.82, 2.24) is 9.62 Å². The fourth-order valence-electron chi connectivity index (χ4n) is 3.35. The van der Waals surface area contributed by atoms with Crippen LogP contribution in [0.5, 0.6) is 5.75 Å². The van der Waals surface area contributed by atoms with Gasteiger partial charge in [0, 0.05) is 23.7 Å². The van der Waals surface area contributed by atoms with Crippen LogP contribution in [0.1, 0.15) is 24.8 Å². The van der Waals surface area contributed by atoms with Crippen LogP contribution in [0.4, 0.5) is 0 Å². The monoisotopic (exact) mass is 422 g/mol. The number of sulfonamides is 1. The van der Waals surface area contributed by atoms with Gasteiger partial charge in [-0.15, -0.1) is 0 Å². The highest BCUT2D eigenvalue weighted by atomic mass is 35.5. The fourth-order valence-corrected chi connectivity index (χ4v) is 5.13. The number of methoxy groups -OCH3 is 1. The summed E-state index contributed by atoms with van der Waals surface area (Å²) < 4.78 is 32.7. The van der Waals surface area contributed by atoms with Crippen molar-refractivity contribution < 1.29 is 17.9 Å². The summed E-state index contributed by atoms with van der Waals surface area (Å²) in [6, 6.07) is 12.7. The number of nitrogens with zero attached hydrogens (tertiary/aromatic N) is 1. The van der Waals surface area contributed by atoms with Crippen LogP contribution in [0.25, 0.3) is 0 Å². The van der Waals surface area contributed by atoms with E-state index in [9.17, 15) is 13.2 Å². The number of nitrogens with one attached hydrogen (secondary N) is 1. The molecule has 2 aromatic carbocycles. The van der Waals surface area contributed by atoms with E-state index in [-0.39, 0.29) is 17.3 Å². The maximum absolute atomic E-state index is 13.1. The molecule has 6 nitrogen and oxygen atoms in total. The first-order chi connectivity index (χ1) is 13.4. The highest BCUT2D eigenvalue weighted by Gasteiger charge is 2.37. The maximum Gasteiger partial charge on any atom is 0.243 e. The van der Waals surface area contributed by atoms with E-state index in [1.807, 2.05) is 24.3 Å². The Labute approximate surface area is 170 Å². The molecule has 0 aromatic heterocycles. The second kappa shape index (κ2) is 8.94. The predicted molar refractivity (Wildman–Crippen MR) is 108 cm³/mol. The van der Waals surface area contributed by atoms with E-state index in [1.165, 1.54) is 28.6 Å². The third-order valence-corrected chi connectivity index (χ3v) is 7.00. The predicted octanol–water partition coefficient (Wildman–Crippen LogP) is 3.21. The maximum atomic E-state index is 13.1. The van der Waals surface area contributed by atoms with E-state index in [1.54, 1.807) is 7.11 Å². The number of piperidine rings is 1. The first-order valence-electron chi connectivity index (χ1n) is 9.10. The van der Waals surface area contributed by atoms with Crippen LogP contribution in [-0.4, -0.2) is 38.3 Å². The van der Waals surface area contributed by atoms with Crippen LogP contribution in [0.15, 0.2) is 53.4 Å². The van der Waals surface area contributed by atoms with Crippen molar-refractivity contribution >= 4 is 27.5 Å². The summed E-state index contributed by atoms with van der Waals surface area (Å²) in [5.74, 6) is 0.375. The molecule has 1 atom stereocenters. The average Bonchev–Trinajstić information content (AvgIpc) is 2.72. The molecule has 2 aromatic rings. The van der Waals surface area contributed by atoms with Crippen molar-refractivity contribution in [2.45, 2.75) is 36.7 Å². The smallest absolute Gasteiger partial charge is 0.243 e. The van der Waals surface area contributed by atoms with Gasteiger partial charge < -0.3 is 10.1 Å². The average molecular weight is 423 g/mol.